The average Bonchev–Trinajstić information content (AvgIpc) is 2.55. The van der Waals surface area contributed by atoms with E-state index >= 15 is 0 Å². The van der Waals surface area contributed by atoms with Crippen LogP contribution in [0.5, 0.6) is 0 Å². The van der Waals surface area contributed by atoms with Gasteiger partial charge in [-0.25, -0.2) is 17.9 Å². The number of benzene rings is 2. The average molecular weight is 348 g/mol. The van der Waals surface area contributed by atoms with Gasteiger partial charge < -0.3 is 10.4 Å². The highest BCUT2D eigenvalue weighted by molar-refractivity contribution is 7.90. The van der Waals surface area contributed by atoms with Crippen LogP contribution < -0.4 is 10.0 Å². The normalized spacial score (nSPS) is 12.4. The predicted octanol–water partition coefficient (Wildman–Crippen LogP) is 1.59. The number of urea groups is 1. The van der Waals surface area contributed by atoms with E-state index in [4.69, 9.17) is 0 Å². The van der Waals surface area contributed by atoms with Crippen LogP contribution in [0.15, 0.2) is 59.5 Å². The third-order valence-electron chi connectivity index (χ3n) is 3.44. The molecule has 128 valence electrons. The van der Waals surface area contributed by atoms with Gasteiger partial charge in [-0.05, 0) is 31.0 Å². The first-order valence-corrected chi connectivity index (χ1v) is 8.94. The van der Waals surface area contributed by atoms with Gasteiger partial charge in [-0.1, -0.05) is 48.0 Å². The smallest absolute Gasteiger partial charge is 0.329 e. The van der Waals surface area contributed by atoms with E-state index in [1.807, 2.05) is 42.0 Å². The Hall–Kier alpha value is -2.38. The second kappa shape index (κ2) is 7.94. The molecule has 0 fully saturated rings. The fourth-order valence-electron chi connectivity index (χ4n) is 2.17. The van der Waals surface area contributed by atoms with Crippen LogP contribution >= 0.6 is 0 Å². The molecule has 7 heteroatoms. The van der Waals surface area contributed by atoms with Crippen molar-refractivity contribution in [3.63, 3.8) is 0 Å². The Morgan fingerprint density at radius 2 is 1.71 bits per heavy atom. The van der Waals surface area contributed by atoms with Crippen LogP contribution in [0.25, 0.3) is 0 Å². The standard InChI is InChI=1S/C17H20N2O4S/c1-13-7-9-16(10-8-13)24(22,23)19-17(21)18-15(12-20)11-14-5-3-2-4-6-14/h2-10,15,20H,11-12H2,1H3,(H2,18,19,21). The van der Waals surface area contributed by atoms with Crippen molar-refractivity contribution >= 4 is 16.1 Å². The summed E-state index contributed by atoms with van der Waals surface area (Å²) in [4.78, 5) is 12.0. The maximum Gasteiger partial charge on any atom is 0.329 e. The molecule has 0 aliphatic carbocycles. The number of aryl methyl sites for hydroxylation is 1. The van der Waals surface area contributed by atoms with Crippen molar-refractivity contribution in [3.05, 3.63) is 65.7 Å². The minimum Gasteiger partial charge on any atom is -0.394 e. The van der Waals surface area contributed by atoms with Gasteiger partial charge in [-0.3, -0.25) is 0 Å². The van der Waals surface area contributed by atoms with Crippen molar-refractivity contribution in [2.24, 2.45) is 0 Å². The molecule has 2 aromatic carbocycles. The molecule has 2 aromatic rings. The zero-order valence-electron chi connectivity index (χ0n) is 13.3. The lowest BCUT2D eigenvalue weighted by atomic mass is 10.1. The third-order valence-corrected chi connectivity index (χ3v) is 4.79. The lowest BCUT2D eigenvalue weighted by molar-refractivity contribution is 0.219. The Labute approximate surface area is 141 Å². The van der Waals surface area contributed by atoms with Crippen LogP contribution in [0.1, 0.15) is 11.1 Å². The molecule has 0 spiro atoms. The fraction of sp³-hybridized carbons (Fsp3) is 0.235. The molecule has 3 N–H and O–H groups in total. The minimum atomic E-state index is -3.95. The molecule has 0 aliphatic rings. The van der Waals surface area contributed by atoms with E-state index in [2.05, 4.69) is 5.32 Å². The number of sulfonamides is 1. The van der Waals surface area contributed by atoms with Crippen molar-refractivity contribution in [1.29, 1.82) is 0 Å². The number of carbonyl (C=O) groups excluding carboxylic acids is 1. The summed E-state index contributed by atoms with van der Waals surface area (Å²) >= 11 is 0. The molecule has 0 radical (unpaired) electrons. The highest BCUT2D eigenvalue weighted by atomic mass is 32.2. The van der Waals surface area contributed by atoms with Crippen molar-refractivity contribution in [2.45, 2.75) is 24.3 Å². The number of hydrogen-bond donors (Lipinski definition) is 3. The fourth-order valence-corrected chi connectivity index (χ4v) is 3.09. The van der Waals surface area contributed by atoms with Gasteiger partial charge in [0.15, 0.2) is 0 Å². The van der Waals surface area contributed by atoms with Crippen molar-refractivity contribution in [3.8, 4) is 0 Å². The van der Waals surface area contributed by atoms with Crippen LogP contribution in [0.4, 0.5) is 4.79 Å². The Balaban J connectivity index is 1.99. The van der Waals surface area contributed by atoms with E-state index in [9.17, 15) is 18.3 Å². The zero-order valence-corrected chi connectivity index (χ0v) is 14.1. The summed E-state index contributed by atoms with van der Waals surface area (Å²) in [6, 6.07) is 14.0. The molecule has 24 heavy (non-hydrogen) atoms. The maximum atomic E-state index is 12.1. The Morgan fingerprint density at radius 3 is 2.29 bits per heavy atom. The number of amides is 2. The van der Waals surface area contributed by atoms with E-state index < -0.39 is 22.1 Å². The van der Waals surface area contributed by atoms with Gasteiger partial charge in [-0.2, -0.15) is 0 Å². The molecule has 6 nitrogen and oxygen atoms in total. The monoisotopic (exact) mass is 348 g/mol. The summed E-state index contributed by atoms with van der Waals surface area (Å²) in [5.74, 6) is 0. The van der Waals surface area contributed by atoms with Crippen molar-refractivity contribution in [1.82, 2.24) is 10.0 Å². The van der Waals surface area contributed by atoms with Crippen LogP contribution in [-0.4, -0.2) is 32.2 Å². The molecular formula is C17H20N2O4S. The number of rotatable bonds is 6. The Morgan fingerprint density at radius 1 is 1.08 bits per heavy atom. The van der Waals surface area contributed by atoms with Gasteiger partial charge in [0, 0.05) is 0 Å². The highest BCUT2D eigenvalue weighted by Gasteiger charge is 2.19. The van der Waals surface area contributed by atoms with Crippen LogP contribution in [0.2, 0.25) is 0 Å². The molecule has 0 aliphatic heterocycles. The van der Waals surface area contributed by atoms with Crippen molar-refractivity contribution < 1.29 is 18.3 Å². The summed E-state index contributed by atoms with van der Waals surface area (Å²) in [5.41, 5.74) is 1.85. The predicted molar refractivity (Wildman–Crippen MR) is 91.1 cm³/mol. The Kier molecular flexibility index (Phi) is 5.94. The van der Waals surface area contributed by atoms with Crippen molar-refractivity contribution in [2.75, 3.05) is 6.61 Å². The number of hydrogen-bond acceptors (Lipinski definition) is 4. The van der Waals surface area contributed by atoms with Gasteiger partial charge in [0.05, 0.1) is 17.5 Å². The van der Waals surface area contributed by atoms with Crippen LogP contribution in [-0.2, 0) is 16.4 Å². The van der Waals surface area contributed by atoms with Crippen LogP contribution in [0, 0.1) is 6.92 Å². The van der Waals surface area contributed by atoms with E-state index in [-0.39, 0.29) is 11.5 Å². The molecule has 2 rings (SSSR count). The van der Waals surface area contributed by atoms with Gasteiger partial charge >= 0.3 is 6.03 Å². The molecule has 1 unspecified atom stereocenters. The van der Waals surface area contributed by atoms with E-state index in [1.54, 1.807) is 12.1 Å². The van der Waals surface area contributed by atoms with E-state index in [1.165, 1.54) is 12.1 Å². The lowest BCUT2D eigenvalue weighted by Crippen LogP contribution is -2.46. The first-order chi connectivity index (χ1) is 11.4. The summed E-state index contributed by atoms with van der Waals surface area (Å²) in [6.45, 7) is 1.54. The summed E-state index contributed by atoms with van der Waals surface area (Å²) in [5, 5.41) is 11.9. The highest BCUT2D eigenvalue weighted by Crippen LogP contribution is 2.10. The third kappa shape index (κ3) is 5.07. The molecule has 0 heterocycles. The maximum absolute atomic E-state index is 12.1. The number of aliphatic hydroxyl groups is 1. The lowest BCUT2D eigenvalue weighted by Gasteiger charge is -2.17. The second-order valence-corrected chi connectivity index (χ2v) is 7.14. The van der Waals surface area contributed by atoms with E-state index in [0.29, 0.717) is 6.42 Å². The quantitative estimate of drug-likeness (QED) is 0.739. The summed E-state index contributed by atoms with van der Waals surface area (Å²) in [6.07, 6.45) is 0.398. The zero-order chi connectivity index (χ0) is 17.6. The van der Waals surface area contributed by atoms with Gasteiger partial charge in [0.1, 0.15) is 0 Å². The van der Waals surface area contributed by atoms with E-state index in [0.717, 1.165) is 11.1 Å². The molecule has 2 amide bonds. The second-order valence-electron chi connectivity index (χ2n) is 5.46. The first-order valence-electron chi connectivity index (χ1n) is 7.45. The molecule has 0 aromatic heterocycles. The number of aliphatic hydroxyl groups excluding tert-OH is 1. The minimum absolute atomic E-state index is 0.00635. The molecule has 1 atom stereocenters. The van der Waals surface area contributed by atoms with Gasteiger partial charge in [-0.15, -0.1) is 0 Å². The number of carbonyl (C=O) groups is 1. The molecule has 0 bridgehead atoms. The number of nitrogens with one attached hydrogen (secondary N) is 2. The largest absolute Gasteiger partial charge is 0.394 e. The Bertz CT molecular complexity index is 774. The summed E-state index contributed by atoms with van der Waals surface area (Å²) in [7, 11) is -3.95. The molecule has 0 saturated heterocycles. The summed E-state index contributed by atoms with van der Waals surface area (Å²) < 4.78 is 26.2. The van der Waals surface area contributed by atoms with Gasteiger partial charge in [0.2, 0.25) is 0 Å². The first kappa shape index (κ1) is 18.0. The molecular weight excluding hydrogens is 328 g/mol. The molecule has 0 saturated carbocycles. The SMILES string of the molecule is Cc1ccc(S(=O)(=O)NC(=O)NC(CO)Cc2ccccc2)cc1. The topological polar surface area (TPSA) is 95.5 Å². The van der Waals surface area contributed by atoms with Gasteiger partial charge in [0.25, 0.3) is 10.0 Å². The van der Waals surface area contributed by atoms with Crippen LogP contribution in [0.3, 0.4) is 0 Å².